The molecule has 2 N–H and O–H groups in total. The molecule has 3 aromatic rings. The molecule has 0 fully saturated rings. The van der Waals surface area contributed by atoms with Gasteiger partial charge in [-0.1, -0.05) is 18.2 Å². The Morgan fingerprint density at radius 1 is 1.03 bits per heavy atom. The fourth-order valence-electron chi connectivity index (χ4n) is 3.69. The van der Waals surface area contributed by atoms with Gasteiger partial charge in [-0.05, 0) is 49.6 Å². The van der Waals surface area contributed by atoms with E-state index in [1.54, 1.807) is 18.2 Å². The molecule has 8 heteroatoms. The van der Waals surface area contributed by atoms with Crippen LogP contribution < -0.4 is 20.1 Å². The molecule has 1 unspecified atom stereocenters. The second kappa shape index (κ2) is 7.79. The minimum atomic E-state index is -0.318. The monoisotopic (exact) mass is 421 g/mol. The van der Waals surface area contributed by atoms with Crippen molar-refractivity contribution in [2.24, 2.45) is 0 Å². The van der Waals surface area contributed by atoms with Gasteiger partial charge in [0, 0.05) is 16.1 Å². The first-order valence-electron chi connectivity index (χ1n) is 9.74. The van der Waals surface area contributed by atoms with E-state index in [4.69, 9.17) is 9.47 Å². The van der Waals surface area contributed by atoms with E-state index in [0.717, 1.165) is 35.5 Å². The second-order valence-corrected chi connectivity index (χ2v) is 8.23. The van der Waals surface area contributed by atoms with Crippen LogP contribution in [0.3, 0.4) is 0 Å². The van der Waals surface area contributed by atoms with Crippen LogP contribution in [0.1, 0.15) is 39.7 Å². The Morgan fingerprint density at radius 3 is 2.73 bits per heavy atom. The number of nitrogens with one attached hydrogen (secondary N) is 2. The van der Waals surface area contributed by atoms with Crippen molar-refractivity contribution >= 4 is 34.0 Å². The molecule has 0 saturated heterocycles. The van der Waals surface area contributed by atoms with Gasteiger partial charge >= 0.3 is 0 Å². The Labute approximate surface area is 177 Å². The largest absolute Gasteiger partial charge is 0.454 e. The highest BCUT2D eigenvalue weighted by Gasteiger charge is 2.30. The van der Waals surface area contributed by atoms with Crippen LogP contribution >= 0.6 is 11.3 Å². The molecule has 0 radical (unpaired) electrons. The van der Waals surface area contributed by atoms with Gasteiger partial charge in [0.05, 0.1) is 11.6 Å². The quantitative estimate of drug-likeness (QED) is 0.660. The van der Waals surface area contributed by atoms with E-state index >= 15 is 0 Å². The Balaban J connectivity index is 1.32. The van der Waals surface area contributed by atoms with Crippen LogP contribution in [0.4, 0.5) is 10.8 Å². The molecule has 1 aromatic heterocycles. The van der Waals surface area contributed by atoms with Crippen molar-refractivity contribution in [2.75, 3.05) is 17.4 Å². The summed E-state index contributed by atoms with van der Waals surface area (Å²) in [5.74, 6) is 0.523. The van der Waals surface area contributed by atoms with Gasteiger partial charge in [0.1, 0.15) is 0 Å². The number of amides is 2. The topological polar surface area (TPSA) is 89.6 Å². The summed E-state index contributed by atoms with van der Waals surface area (Å²) in [5.41, 5.74) is 1.99. The SMILES string of the molecule is O=C(Nc1nc2c(s1)CCCC2C(=O)Nc1ccccc1)c1ccc2c(c1)OCO2. The molecule has 2 heterocycles. The number of aryl methyl sites for hydroxylation is 1. The lowest BCUT2D eigenvalue weighted by molar-refractivity contribution is -0.117. The molecule has 1 aliphatic heterocycles. The van der Waals surface area contributed by atoms with Crippen molar-refractivity contribution in [1.82, 2.24) is 4.98 Å². The van der Waals surface area contributed by atoms with Gasteiger partial charge in [0.15, 0.2) is 16.6 Å². The molecule has 1 atom stereocenters. The molecular weight excluding hydrogens is 402 g/mol. The Morgan fingerprint density at radius 2 is 1.87 bits per heavy atom. The lowest BCUT2D eigenvalue weighted by Crippen LogP contribution is -2.24. The molecule has 0 saturated carbocycles. The molecule has 7 nitrogen and oxygen atoms in total. The van der Waals surface area contributed by atoms with Crippen molar-refractivity contribution in [3.05, 3.63) is 64.7 Å². The van der Waals surface area contributed by atoms with E-state index in [0.29, 0.717) is 22.2 Å². The summed E-state index contributed by atoms with van der Waals surface area (Å²) in [6.07, 6.45) is 2.52. The second-order valence-electron chi connectivity index (χ2n) is 7.15. The zero-order chi connectivity index (χ0) is 20.5. The third-order valence-electron chi connectivity index (χ3n) is 5.17. The number of carbonyl (C=O) groups excluding carboxylic acids is 2. The number of ether oxygens (including phenoxy) is 2. The van der Waals surface area contributed by atoms with E-state index in [9.17, 15) is 9.59 Å². The molecule has 152 valence electrons. The van der Waals surface area contributed by atoms with Gasteiger partial charge in [0.2, 0.25) is 12.7 Å². The van der Waals surface area contributed by atoms with Crippen LogP contribution in [0.2, 0.25) is 0 Å². The maximum absolute atomic E-state index is 12.8. The van der Waals surface area contributed by atoms with Crippen LogP contribution in [-0.4, -0.2) is 23.6 Å². The predicted octanol–water partition coefficient (Wildman–Crippen LogP) is 4.18. The van der Waals surface area contributed by atoms with Gasteiger partial charge in [-0.2, -0.15) is 0 Å². The summed E-state index contributed by atoms with van der Waals surface area (Å²) >= 11 is 1.43. The van der Waals surface area contributed by atoms with Crippen molar-refractivity contribution in [3.8, 4) is 11.5 Å². The zero-order valence-corrected chi connectivity index (χ0v) is 16.8. The number of anilines is 2. The highest BCUT2D eigenvalue weighted by atomic mass is 32.1. The number of nitrogens with zero attached hydrogens (tertiary/aromatic N) is 1. The summed E-state index contributed by atoms with van der Waals surface area (Å²) in [4.78, 5) is 31.1. The van der Waals surface area contributed by atoms with E-state index in [2.05, 4.69) is 15.6 Å². The minimum absolute atomic E-state index is 0.0684. The molecule has 2 aromatic carbocycles. The average Bonchev–Trinajstić information content (AvgIpc) is 3.39. The van der Waals surface area contributed by atoms with Crippen LogP contribution in [0.25, 0.3) is 0 Å². The number of benzene rings is 2. The molecule has 0 bridgehead atoms. The van der Waals surface area contributed by atoms with Crippen LogP contribution in [0.5, 0.6) is 11.5 Å². The van der Waals surface area contributed by atoms with Crippen LogP contribution in [0.15, 0.2) is 48.5 Å². The van der Waals surface area contributed by atoms with Crippen molar-refractivity contribution in [3.63, 3.8) is 0 Å². The molecule has 2 amide bonds. The number of fused-ring (bicyclic) bond motifs is 2. The minimum Gasteiger partial charge on any atom is -0.454 e. The normalized spacial score (nSPS) is 16.6. The Kier molecular flexibility index (Phi) is 4.84. The van der Waals surface area contributed by atoms with Crippen molar-refractivity contribution < 1.29 is 19.1 Å². The highest BCUT2D eigenvalue weighted by molar-refractivity contribution is 7.16. The molecule has 30 heavy (non-hydrogen) atoms. The van der Waals surface area contributed by atoms with E-state index in [-0.39, 0.29) is 24.5 Å². The molecular formula is C22H19N3O4S. The van der Waals surface area contributed by atoms with Gasteiger partial charge < -0.3 is 14.8 Å². The van der Waals surface area contributed by atoms with Crippen LogP contribution in [0, 0.1) is 0 Å². The molecule has 5 rings (SSSR count). The Bertz CT molecular complexity index is 1110. The number of carbonyl (C=O) groups is 2. The van der Waals surface area contributed by atoms with E-state index < -0.39 is 0 Å². The maximum Gasteiger partial charge on any atom is 0.257 e. The third kappa shape index (κ3) is 3.61. The standard InChI is InChI=1S/C22H19N3O4S/c26-20(13-9-10-16-17(11-13)29-12-28-16)25-22-24-19-15(7-4-8-18(19)30-22)21(27)23-14-5-2-1-3-6-14/h1-3,5-6,9-11,15H,4,7-8,12H2,(H,23,27)(H,24,25,26). The number of rotatable bonds is 4. The van der Waals surface area contributed by atoms with Gasteiger partial charge in [-0.15, -0.1) is 11.3 Å². The Hall–Kier alpha value is -3.39. The van der Waals surface area contributed by atoms with Crippen molar-refractivity contribution in [2.45, 2.75) is 25.2 Å². The summed E-state index contributed by atoms with van der Waals surface area (Å²) in [6.45, 7) is 0.159. The summed E-state index contributed by atoms with van der Waals surface area (Å²) in [5, 5.41) is 6.32. The number of para-hydroxylation sites is 1. The number of thiazole rings is 1. The molecule has 1 aliphatic carbocycles. The maximum atomic E-state index is 12.8. The number of hydrogen-bond donors (Lipinski definition) is 2. The van der Waals surface area contributed by atoms with Crippen LogP contribution in [-0.2, 0) is 11.2 Å². The highest BCUT2D eigenvalue weighted by Crippen LogP contribution is 2.38. The third-order valence-corrected chi connectivity index (χ3v) is 6.21. The first kappa shape index (κ1) is 18.6. The number of hydrogen-bond acceptors (Lipinski definition) is 6. The smallest absolute Gasteiger partial charge is 0.257 e. The molecule has 0 spiro atoms. The van der Waals surface area contributed by atoms with Crippen molar-refractivity contribution in [1.29, 1.82) is 0 Å². The van der Waals surface area contributed by atoms with E-state index in [1.807, 2.05) is 30.3 Å². The molecule has 2 aliphatic rings. The summed E-state index contributed by atoms with van der Waals surface area (Å²) in [6, 6.07) is 14.5. The lowest BCUT2D eigenvalue weighted by atomic mass is 9.90. The zero-order valence-electron chi connectivity index (χ0n) is 16.0. The fraction of sp³-hybridized carbons (Fsp3) is 0.227. The predicted molar refractivity (Wildman–Crippen MR) is 113 cm³/mol. The van der Waals surface area contributed by atoms with Gasteiger partial charge in [-0.3, -0.25) is 14.9 Å². The number of aromatic nitrogens is 1. The average molecular weight is 421 g/mol. The van der Waals surface area contributed by atoms with E-state index in [1.165, 1.54) is 11.3 Å². The summed E-state index contributed by atoms with van der Waals surface area (Å²) < 4.78 is 10.6. The first-order chi connectivity index (χ1) is 14.7. The summed E-state index contributed by atoms with van der Waals surface area (Å²) in [7, 11) is 0. The first-order valence-corrected chi connectivity index (χ1v) is 10.6. The lowest BCUT2D eigenvalue weighted by Gasteiger charge is -2.20. The van der Waals surface area contributed by atoms with Gasteiger partial charge in [-0.25, -0.2) is 4.98 Å². The van der Waals surface area contributed by atoms with Gasteiger partial charge in [0.25, 0.3) is 5.91 Å². The fourth-order valence-corrected chi connectivity index (χ4v) is 4.75.